The van der Waals surface area contributed by atoms with Crippen LogP contribution in [0.25, 0.3) is 0 Å². The summed E-state index contributed by atoms with van der Waals surface area (Å²) in [5, 5.41) is 0. The maximum absolute atomic E-state index is 6.20. The zero-order chi connectivity index (χ0) is 15.6. The summed E-state index contributed by atoms with van der Waals surface area (Å²) in [5.41, 5.74) is 6.38. The normalized spacial score (nSPS) is 15.3. The third kappa shape index (κ3) is 6.58. The van der Waals surface area contributed by atoms with Gasteiger partial charge in [-0.15, -0.1) is 0 Å². The molecule has 0 spiro atoms. The highest BCUT2D eigenvalue weighted by Gasteiger charge is 2.33. The van der Waals surface area contributed by atoms with Gasteiger partial charge in [0.15, 0.2) is 0 Å². The zero-order valence-corrected chi connectivity index (χ0v) is 15.0. The number of hydrogen-bond acceptors (Lipinski definition) is 2. The first-order valence-electron chi connectivity index (χ1n) is 8.91. The quantitative estimate of drug-likeness (QED) is 0.521. The molecule has 0 fully saturated rings. The summed E-state index contributed by atoms with van der Waals surface area (Å²) in [5.74, 6) is 0.706. The van der Waals surface area contributed by atoms with Crippen LogP contribution in [-0.4, -0.2) is 29.6 Å². The average molecular weight is 285 g/mol. The van der Waals surface area contributed by atoms with Crippen molar-refractivity contribution in [1.29, 1.82) is 0 Å². The number of hydrogen-bond donors (Lipinski definition) is 1. The highest BCUT2D eigenvalue weighted by molar-refractivity contribution is 4.91. The van der Waals surface area contributed by atoms with Gasteiger partial charge in [-0.1, -0.05) is 60.3 Å². The topological polar surface area (TPSA) is 29.3 Å². The Kier molecular flexibility index (Phi) is 10.6. The van der Waals surface area contributed by atoms with Crippen LogP contribution in [0.1, 0.15) is 86.5 Å². The van der Waals surface area contributed by atoms with Gasteiger partial charge in [0.25, 0.3) is 0 Å². The van der Waals surface area contributed by atoms with Crippen LogP contribution >= 0.6 is 0 Å². The minimum absolute atomic E-state index is 0.175. The van der Waals surface area contributed by atoms with Crippen molar-refractivity contribution in [3.63, 3.8) is 0 Å². The van der Waals surface area contributed by atoms with Gasteiger partial charge in [0.1, 0.15) is 0 Å². The second-order valence-corrected chi connectivity index (χ2v) is 7.03. The molecule has 0 radical (unpaired) electrons. The van der Waals surface area contributed by atoms with Crippen LogP contribution in [0.3, 0.4) is 0 Å². The SMILES string of the molecule is CCCCCCC(C)(CN)N(CC(C)C)C(CC)CC. The molecule has 0 amide bonds. The fourth-order valence-electron chi connectivity index (χ4n) is 3.23. The zero-order valence-electron chi connectivity index (χ0n) is 15.0. The molecule has 0 aromatic heterocycles. The van der Waals surface area contributed by atoms with E-state index in [1.807, 2.05) is 0 Å². The van der Waals surface area contributed by atoms with Crippen LogP contribution in [0.15, 0.2) is 0 Å². The Labute approximate surface area is 128 Å². The molecule has 0 saturated carbocycles. The van der Waals surface area contributed by atoms with Crippen molar-refractivity contribution in [3.05, 3.63) is 0 Å². The van der Waals surface area contributed by atoms with E-state index in [4.69, 9.17) is 5.73 Å². The first kappa shape index (κ1) is 19.9. The summed E-state index contributed by atoms with van der Waals surface area (Å²) in [4.78, 5) is 2.73. The highest BCUT2D eigenvalue weighted by atomic mass is 15.2. The Morgan fingerprint density at radius 1 is 1.00 bits per heavy atom. The van der Waals surface area contributed by atoms with E-state index in [0.717, 1.165) is 6.54 Å². The van der Waals surface area contributed by atoms with Gasteiger partial charge in [-0.3, -0.25) is 4.90 Å². The molecule has 0 aliphatic carbocycles. The van der Waals surface area contributed by atoms with Crippen molar-refractivity contribution in [3.8, 4) is 0 Å². The van der Waals surface area contributed by atoms with Crippen molar-refractivity contribution in [2.45, 2.75) is 98.1 Å². The van der Waals surface area contributed by atoms with Crippen molar-refractivity contribution in [1.82, 2.24) is 4.90 Å². The van der Waals surface area contributed by atoms with Gasteiger partial charge in [-0.25, -0.2) is 0 Å². The molecule has 0 aliphatic heterocycles. The van der Waals surface area contributed by atoms with E-state index in [9.17, 15) is 0 Å². The summed E-state index contributed by atoms with van der Waals surface area (Å²) in [6.07, 6.45) is 9.03. The van der Waals surface area contributed by atoms with Crippen molar-refractivity contribution < 1.29 is 0 Å². The molecule has 0 saturated heterocycles. The van der Waals surface area contributed by atoms with Crippen LogP contribution in [0, 0.1) is 5.92 Å². The predicted molar refractivity (Wildman–Crippen MR) is 92.1 cm³/mol. The lowest BCUT2D eigenvalue weighted by Crippen LogP contribution is -2.56. The van der Waals surface area contributed by atoms with Crippen molar-refractivity contribution >= 4 is 0 Å². The lowest BCUT2D eigenvalue weighted by atomic mass is 9.88. The number of nitrogens with zero attached hydrogens (tertiary/aromatic N) is 1. The Hall–Kier alpha value is -0.0800. The molecule has 0 heterocycles. The molecule has 0 aromatic carbocycles. The molecule has 0 bridgehead atoms. The fourth-order valence-corrected chi connectivity index (χ4v) is 3.23. The van der Waals surface area contributed by atoms with E-state index in [1.165, 1.54) is 51.5 Å². The Bertz CT molecular complexity index is 223. The van der Waals surface area contributed by atoms with Crippen LogP contribution in [0.4, 0.5) is 0 Å². The summed E-state index contributed by atoms with van der Waals surface area (Å²) in [6, 6.07) is 0.678. The number of rotatable bonds is 12. The van der Waals surface area contributed by atoms with Crippen molar-refractivity contribution in [2.75, 3.05) is 13.1 Å². The van der Waals surface area contributed by atoms with Crippen LogP contribution in [0.2, 0.25) is 0 Å². The molecule has 1 unspecified atom stereocenters. The van der Waals surface area contributed by atoms with E-state index in [-0.39, 0.29) is 5.54 Å². The maximum Gasteiger partial charge on any atom is 0.0306 e. The lowest BCUT2D eigenvalue weighted by Gasteiger charge is -2.46. The van der Waals surface area contributed by atoms with Crippen molar-refractivity contribution in [2.24, 2.45) is 11.7 Å². The summed E-state index contributed by atoms with van der Waals surface area (Å²) < 4.78 is 0. The van der Waals surface area contributed by atoms with E-state index in [0.29, 0.717) is 12.0 Å². The highest BCUT2D eigenvalue weighted by Crippen LogP contribution is 2.28. The smallest absolute Gasteiger partial charge is 0.0306 e. The second-order valence-electron chi connectivity index (χ2n) is 7.03. The fraction of sp³-hybridized carbons (Fsp3) is 1.00. The van der Waals surface area contributed by atoms with E-state index >= 15 is 0 Å². The Balaban J connectivity index is 4.83. The standard InChI is InChI=1S/C18H40N2/c1-7-10-11-12-13-18(6,15-19)20(14-16(4)5)17(8-2)9-3/h16-17H,7-15,19H2,1-6H3. The first-order chi connectivity index (χ1) is 9.45. The first-order valence-corrected chi connectivity index (χ1v) is 8.91. The Morgan fingerprint density at radius 3 is 2.00 bits per heavy atom. The number of nitrogens with two attached hydrogens (primary N) is 1. The predicted octanol–water partition coefficient (Wildman–Crippen LogP) is 4.82. The molecular weight excluding hydrogens is 244 g/mol. The minimum Gasteiger partial charge on any atom is -0.329 e. The van der Waals surface area contributed by atoms with Gasteiger partial charge in [0, 0.05) is 24.7 Å². The molecule has 2 N–H and O–H groups in total. The van der Waals surface area contributed by atoms with Gasteiger partial charge < -0.3 is 5.73 Å². The molecule has 0 aromatic rings. The molecule has 122 valence electrons. The van der Waals surface area contributed by atoms with Gasteiger partial charge in [0.2, 0.25) is 0 Å². The van der Waals surface area contributed by atoms with Gasteiger partial charge in [0.05, 0.1) is 0 Å². The summed E-state index contributed by atoms with van der Waals surface area (Å²) in [6.45, 7) is 15.9. The van der Waals surface area contributed by atoms with E-state index < -0.39 is 0 Å². The lowest BCUT2D eigenvalue weighted by molar-refractivity contribution is 0.0361. The third-order valence-electron chi connectivity index (χ3n) is 4.65. The molecule has 2 heteroatoms. The largest absolute Gasteiger partial charge is 0.329 e. The maximum atomic E-state index is 6.20. The molecule has 1 atom stereocenters. The van der Waals surface area contributed by atoms with Crippen LogP contribution in [0.5, 0.6) is 0 Å². The van der Waals surface area contributed by atoms with Gasteiger partial charge >= 0.3 is 0 Å². The number of unbranched alkanes of at least 4 members (excludes halogenated alkanes) is 3. The van der Waals surface area contributed by atoms with Crippen LogP contribution in [-0.2, 0) is 0 Å². The monoisotopic (exact) mass is 284 g/mol. The van der Waals surface area contributed by atoms with Gasteiger partial charge in [-0.2, -0.15) is 0 Å². The third-order valence-corrected chi connectivity index (χ3v) is 4.65. The van der Waals surface area contributed by atoms with E-state index in [1.54, 1.807) is 0 Å². The second kappa shape index (κ2) is 10.6. The molecule has 0 aliphatic rings. The molecule has 0 rings (SSSR count). The molecule has 2 nitrogen and oxygen atoms in total. The Morgan fingerprint density at radius 2 is 1.60 bits per heavy atom. The van der Waals surface area contributed by atoms with E-state index in [2.05, 4.69) is 46.4 Å². The van der Waals surface area contributed by atoms with Gasteiger partial charge in [-0.05, 0) is 32.1 Å². The molecular formula is C18H40N2. The average Bonchev–Trinajstić information content (AvgIpc) is 2.43. The minimum atomic E-state index is 0.175. The summed E-state index contributed by atoms with van der Waals surface area (Å²) in [7, 11) is 0. The summed E-state index contributed by atoms with van der Waals surface area (Å²) >= 11 is 0. The molecule has 20 heavy (non-hydrogen) atoms. The van der Waals surface area contributed by atoms with Crippen LogP contribution < -0.4 is 5.73 Å².